The van der Waals surface area contributed by atoms with Crippen LogP contribution >= 0.6 is 24.0 Å². The van der Waals surface area contributed by atoms with Crippen molar-refractivity contribution in [2.24, 2.45) is 16.5 Å². The number of nitrogens with zero attached hydrogens (tertiary/aromatic N) is 2. The summed E-state index contributed by atoms with van der Waals surface area (Å²) in [5.41, 5.74) is 12.4. The lowest BCUT2D eigenvalue weighted by atomic mass is 10.2. The van der Waals surface area contributed by atoms with E-state index in [0.717, 1.165) is 18.4 Å². The van der Waals surface area contributed by atoms with Crippen molar-refractivity contribution < 1.29 is 0 Å². The molecule has 1 rings (SSSR count). The smallest absolute Gasteiger partial charge is 0.198 e. The van der Waals surface area contributed by atoms with Crippen LogP contribution < -0.4 is 11.5 Å². The van der Waals surface area contributed by atoms with E-state index < -0.39 is 0 Å². The molecule has 0 heterocycles. The van der Waals surface area contributed by atoms with Gasteiger partial charge in [0.25, 0.3) is 0 Å². The summed E-state index contributed by atoms with van der Waals surface area (Å²) in [6, 6.07) is 7.33. The summed E-state index contributed by atoms with van der Waals surface area (Å²) in [5.74, 6) is 0.156. The van der Waals surface area contributed by atoms with E-state index in [-0.39, 0.29) is 24.3 Å². The van der Waals surface area contributed by atoms with Gasteiger partial charge in [-0.25, -0.2) is 0 Å². The fraction of sp³-hybridized carbons (Fsp3) is 0.385. The third-order valence-corrected chi connectivity index (χ3v) is 2.86. The van der Waals surface area contributed by atoms with Crippen LogP contribution in [0.15, 0.2) is 29.3 Å². The number of hydrogen-bond donors (Lipinski definition) is 3. The first-order valence-corrected chi connectivity index (χ1v) is 6.58. The largest absolute Gasteiger partial charge is 0.370 e. The van der Waals surface area contributed by atoms with Gasteiger partial charge in [-0.2, -0.15) is 0 Å². The van der Waals surface area contributed by atoms with Gasteiger partial charge in [-0.05, 0) is 24.1 Å². The van der Waals surface area contributed by atoms with Crippen LogP contribution in [0.1, 0.15) is 25.3 Å². The Morgan fingerprint density at radius 3 is 2.40 bits per heavy atom. The van der Waals surface area contributed by atoms with E-state index in [1.807, 2.05) is 12.1 Å². The van der Waals surface area contributed by atoms with Gasteiger partial charge in [0.05, 0.1) is 6.54 Å². The van der Waals surface area contributed by atoms with E-state index in [9.17, 15) is 0 Å². The number of nitrogens with one attached hydrogen (secondary N) is 1. The Labute approximate surface area is 130 Å². The molecule has 0 aliphatic rings. The van der Waals surface area contributed by atoms with Crippen molar-refractivity contribution in [3.8, 4) is 0 Å². The molecule has 0 amide bonds. The quantitative estimate of drug-likeness (QED) is 0.443. The number of guanidine groups is 2. The first-order valence-electron chi connectivity index (χ1n) is 6.20. The molecule has 0 aliphatic heterocycles. The number of rotatable bonds is 5. The Kier molecular flexibility index (Phi) is 8.76. The average Bonchev–Trinajstić information content (AvgIpc) is 2.37. The number of aliphatic imine (C=N–C) groups is 1. The van der Waals surface area contributed by atoms with Crippen LogP contribution in [0.2, 0.25) is 5.02 Å². The predicted molar refractivity (Wildman–Crippen MR) is 87.6 cm³/mol. The molecule has 5 N–H and O–H groups in total. The monoisotopic (exact) mass is 317 g/mol. The fourth-order valence-corrected chi connectivity index (χ4v) is 1.63. The molecule has 0 saturated heterocycles. The third-order valence-electron chi connectivity index (χ3n) is 2.61. The molecule has 1 aromatic rings. The van der Waals surface area contributed by atoms with Crippen LogP contribution in [0.3, 0.4) is 0 Å². The van der Waals surface area contributed by atoms with Crippen LogP contribution in [0.5, 0.6) is 0 Å². The van der Waals surface area contributed by atoms with Crippen molar-refractivity contribution in [2.45, 2.75) is 26.3 Å². The van der Waals surface area contributed by atoms with Gasteiger partial charge < -0.3 is 11.5 Å². The van der Waals surface area contributed by atoms with E-state index in [4.69, 9.17) is 28.5 Å². The molecule has 0 atom stereocenters. The molecule has 0 unspecified atom stereocenters. The highest BCUT2D eigenvalue weighted by Gasteiger charge is 2.11. The predicted octanol–water partition coefficient (Wildman–Crippen LogP) is 2.57. The van der Waals surface area contributed by atoms with Crippen molar-refractivity contribution in [3.63, 3.8) is 0 Å². The molecular weight excluding hydrogens is 297 g/mol. The normalized spacial score (nSPS) is 10.8. The van der Waals surface area contributed by atoms with Crippen LogP contribution in [0.25, 0.3) is 0 Å². The van der Waals surface area contributed by atoms with Gasteiger partial charge in [-0.15, -0.1) is 12.4 Å². The first kappa shape index (κ1) is 18.5. The Morgan fingerprint density at radius 1 is 1.30 bits per heavy atom. The maximum atomic E-state index is 7.57. The van der Waals surface area contributed by atoms with Gasteiger partial charge >= 0.3 is 0 Å². The molecule has 0 saturated carbocycles. The second kappa shape index (κ2) is 9.44. The van der Waals surface area contributed by atoms with Crippen molar-refractivity contribution in [1.29, 1.82) is 5.41 Å². The number of unbranched alkanes of at least 4 members (excludes halogenated alkanes) is 1. The SMILES string of the molecule is CCCCN=C(N)N(Cc1ccc(Cl)cc1)C(=N)N.Cl. The zero-order valence-electron chi connectivity index (χ0n) is 11.5. The van der Waals surface area contributed by atoms with Crippen molar-refractivity contribution in [3.05, 3.63) is 34.9 Å². The van der Waals surface area contributed by atoms with Gasteiger partial charge in [0.15, 0.2) is 11.9 Å². The Hall–Kier alpha value is -1.46. The molecule has 0 spiro atoms. The lowest BCUT2D eigenvalue weighted by Crippen LogP contribution is -2.45. The maximum absolute atomic E-state index is 7.57. The first-order chi connectivity index (χ1) is 9.04. The summed E-state index contributed by atoms with van der Waals surface area (Å²) in [6.07, 6.45) is 2.02. The standard InChI is InChI=1S/C13H20ClN5.ClH/c1-2-3-8-18-13(17)19(12(15)16)9-10-4-6-11(14)7-5-10;/h4-7H,2-3,8-9H2,1H3,(H3,15,16)(H2,17,18);1H. The number of hydrogen-bond acceptors (Lipinski definition) is 2. The van der Waals surface area contributed by atoms with Crippen LogP contribution in [0, 0.1) is 5.41 Å². The minimum Gasteiger partial charge on any atom is -0.370 e. The summed E-state index contributed by atoms with van der Waals surface area (Å²) in [6.45, 7) is 3.14. The topological polar surface area (TPSA) is 91.5 Å². The highest BCUT2D eigenvalue weighted by molar-refractivity contribution is 6.30. The molecule has 20 heavy (non-hydrogen) atoms. The molecule has 112 valence electrons. The third kappa shape index (κ3) is 6.12. The number of nitrogens with two attached hydrogens (primary N) is 2. The molecular formula is C13H21Cl2N5. The van der Waals surface area contributed by atoms with E-state index in [2.05, 4.69) is 11.9 Å². The second-order valence-electron chi connectivity index (χ2n) is 4.19. The molecule has 0 aliphatic carbocycles. The molecule has 5 nitrogen and oxygen atoms in total. The van der Waals surface area contributed by atoms with Gasteiger partial charge in [0, 0.05) is 11.6 Å². The Morgan fingerprint density at radius 2 is 1.90 bits per heavy atom. The van der Waals surface area contributed by atoms with Gasteiger partial charge in [0.1, 0.15) is 0 Å². The minimum absolute atomic E-state index is 0. The zero-order valence-corrected chi connectivity index (χ0v) is 13.0. The van der Waals surface area contributed by atoms with Crippen molar-refractivity contribution in [1.82, 2.24) is 4.90 Å². The van der Waals surface area contributed by atoms with E-state index in [0.29, 0.717) is 18.1 Å². The Balaban J connectivity index is 0.00000361. The van der Waals surface area contributed by atoms with E-state index >= 15 is 0 Å². The van der Waals surface area contributed by atoms with Gasteiger partial charge in [0.2, 0.25) is 0 Å². The summed E-state index contributed by atoms with van der Waals surface area (Å²) in [5, 5.41) is 8.24. The fourth-order valence-electron chi connectivity index (χ4n) is 1.50. The van der Waals surface area contributed by atoms with Crippen LogP contribution in [-0.4, -0.2) is 23.4 Å². The van der Waals surface area contributed by atoms with Gasteiger partial charge in [-0.1, -0.05) is 37.1 Å². The summed E-state index contributed by atoms with van der Waals surface area (Å²) >= 11 is 5.83. The average molecular weight is 318 g/mol. The molecule has 0 bridgehead atoms. The van der Waals surface area contributed by atoms with E-state index in [1.165, 1.54) is 4.90 Å². The van der Waals surface area contributed by atoms with Crippen molar-refractivity contribution >= 4 is 35.9 Å². The van der Waals surface area contributed by atoms with E-state index in [1.54, 1.807) is 12.1 Å². The van der Waals surface area contributed by atoms with Gasteiger partial charge in [-0.3, -0.25) is 15.3 Å². The molecule has 0 aromatic heterocycles. The highest BCUT2D eigenvalue weighted by atomic mass is 35.5. The number of halogens is 2. The van der Waals surface area contributed by atoms with Crippen LogP contribution in [0.4, 0.5) is 0 Å². The Bertz CT molecular complexity index is 445. The minimum atomic E-state index is -0.118. The summed E-state index contributed by atoms with van der Waals surface area (Å²) in [4.78, 5) is 5.69. The summed E-state index contributed by atoms with van der Waals surface area (Å²) < 4.78 is 0. The summed E-state index contributed by atoms with van der Waals surface area (Å²) in [7, 11) is 0. The second-order valence-corrected chi connectivity index (χ2v) is 4.63. The van der Waals surface area contributed by atoms with Crippen LogP contribution in [-0.2, 0) is 6.54 Å². The lowest BCUT2D eigenvalue weighted by molar-refractivity contribution is 0.580. The molecule has 0 fully saturated rings. The lowest BCUT2D eigenvalue weighted by Gasteiger charge is -2.21. The molecule has 0 radical (unpaired) electrons. The molecule has 1 aromatic carbocycles. The molecule has 7 heteroatoms. The maximum Gasteiger partial charge on any atom is 0.198 e. The highest BCUT2D eigenvalue weighted by Crippen LogP contribution is 2.11. The zero-order chi connectivity index (χ0) is 14.3. The number of benzene rings is 1. The van der Waals surface area contributed by atoms with Crippen molar-refractivity contribution in [2.75, 3.05) is 6.54 Å².